The summed E-state index contributed by atoms with van der Waals surface area (Å²) >= 11 is 0. The van der Waals surface area contributed by atoms with Crippen molar-refractivity contribution in [3.63, 3.8) is 0 Å². The molecule has 0 heterocycles. The van der Waals surface area contributed by atoms with Gasteiger partial charge in [-0.15, -0.1) is 0 Å². The van der Waals surface area contributed by atoms with E-state index in [4.69, 9.17) is 28.4 Å². The van der Waals surface area contributed by atoms with Crippen molar-refractivity contribution in [2.45, 2.75) is 233 Å². The van der Waals surface area contributed by atoms with Crippen molar-refractivity contribution >= 4 is 11.9 Å². The Morgan fingerprint density at radius 2 is 0.676 bits per heavy atom. The standard InChI is InChI=1S/C64H111NO9/c1-5-9-13-17-21-25-31-43-57-71-63(72-58-44-32-26-22-18-14-10-6-2)49-47-61(67)69-55-41-35-29-37-51-65(53-39-40-54-66)52-38-30-36-42-56-70-62(68)48-50-64(73-59-45-33-27-23-19-15-11-7-3)74-60-46-34-28-24-20-16-12-8-4/h17-24,31-34,43-46,63-64,66H,5-16,25-30,35-42,47-60H2,1-4H3/b21-17-,22-18-,23-19-,24-20-,43-31-,44-32-,45-33-,46-34-. The number of nitrogens with zero attached hydrogens (tertiary/aromatic N) is 1. The fourth-order valence-electron chi connectivity index (χ4n) is 7.55. The number of unbranched alkanes of at least 4 members (excludes halogenated alkanes) is 15. The van der Waals surface area contributed by atoms with Crippen molar-refractivity contribution in [1.29, 1.82) is 0 Å². The molecule has 0 atom stereocenters. The summed E-state index contributed by atoms with van der Waals surface area (Å²) in [6.07, 6.45) is 62.3. The fraction of sp³-hybridized carbons (Fsp3) is 0.719. The molecule has 426 valence electrons. The fourth-order valence-corrected chi connectivity index (χ4v) is 7.55. The number of ether oxygens (including phenoxy) is 6. The Kier molecular flexibility index (Phi) is 57.7. The van der Waals surface area contributed by atoms with E-state index in [1.807, 2.05) is 24.3 Å². The molecule has 0 aromatic carbocycles. The molecule has 0 aliphatic rings. The molecule has 74 heavy (non-hydrogen) atoms. The molecule has 0 aliphatic carbocycles. The van der Waals surface area contributed by atoms with E-state index in [0.29, 0.717) is 52.5 Å². The van der Waals surface area contributed by atoms with Gasteiger partial charge < -0.3 is 38.4 Å². The summed E-state index contributed by atoms with van der Waals surface area (Å²) < 4.78 is 35.2. The Morgan fingerprint density at radius 3 is 0.986 bits per heavy atom. The third kappa shape index (κ3) is 54.9. The first kappa shape index (κ1) is 70.6. The number of hydrogen-bond donors (Lipinski definition) is 1. The molecule has 10 heteroatoms. The monoisotopic (exact) mass is 1040 g/mol. The van der Waals surface area contributed by atoms with E-state index < -0.39 is 12.6 Å². The third-order valence-corrected chi connectivity index (χ3v) is 12.1. The molecule has 0 saturated carbocycles. The number of allylic oxidation sites excluding steroid dienone is 12. The van der Waals surface area contributed by atoms with E-state index in [2.05, 4.69) is 106 Å². The lowest BCUT2D eigenvalue weighted by Gasteiger charge is -2.22. The average Bonchev–Trinajstić information content (AvgIpc) is 3.40. The van der Waals surface area contributed by atoms with Gasteiger partial charge in [-0.2, -0.15) is 0 Å². The molecule has 0 aromatic rings. The van der Waals surface area contributed by atoms with E-state index in [-0.39, 0.29) is 31.4 Å². The lowest BCUT2D eigenvalue weighted by atomic mass is 10.1. The van der Waals surface area contributed by atoms with Crippen LogP contribution in [0.25, 0.3) is 0 Å². The second-order valence-electron chi connectivity index (χ2n) is 19.1. The summed E-state index contributed by atoms with van der Waals surface area (Å²) in [6.45, 7) is 14.7. The minimum atomic E-state index is -0.477. The number of rotatable bonds is 56. The van der Waals surface area contributed by atoms with Crippen LogP contribution in [0.5, 0.6) is 0 Å². The average molecular weight is 1040 g/mol. The van der Waals surface area contributed by atoms with Gasteiger partial charge >= 0.3 is 11.9 Å². The molecule has 0 aromatic heterocycles. The Bertz CT molecular complexity index is 1280. The van der Waals surface area contributed by atoms with Gasteiger partial charge in [-0.05, 0) is 110 Å². The minimum absolute atomic E-state index is 0.211. The van der Waals surface area contributed by atoms with E-state index in [0.717, 1.165) is 135 Å². The third-order valence-electron chi connectivity index (χ3n) is 12.1. The first-order chi connectivity index (χ1) is 36.5. The number of aliphatic hydroxyl groups excluding tert-OH is 1. The highest BCUT2D eigenvalue weighted by molar-refractivity contribution is 5.69. The largest absolute Gasteiger partial charge is 0.466 e. The van der Waals surface area contributed by atoms with Crippen molar-refractivity contribution in [2.75, 3.05) is 65.9 Å². The van der Waals surface area contributed by atoms with E-state index in [1.54, 1.807) is 0 Å². The molecule has 0 rings (SSSR count). The lowest BCUT2D eigenvalue weighted by molar-refractivity contribution is -0.153. The normalized spacial score (nSPS) is 12.6. The summed E-state index contributed by atoms with van der Waals surface area (Å²) in [7, 11) is 0. The quantitative estimate of drug-likeness (QED) is 0.0273. The molecule has 10 nitrogen and oxygen atoms in total. The maximum absolute atomic E-state index is 12.7. The van der Waals surface area contributed by atoms with Crippen molar-refractivity contribution in [2.24, 2.45) is 0 Å². The second kappa shape index (κ2) is 60.5. The molecule has 0 amide bonds. The summed E-state index contributed by atoms with van der Waals surface area (Å²) in [5.41, 5.74) is 0. The van der Waals surface area contributed by atoms with Crippen LogP contribution in [0.1, 0.15) is 220 Å². The first-order valence-corrected chi connectivity index (χ1v) is 29.8. The number of esters is 2. The van der Waals surface area contributed by atoms with Crippen molar-refractivity contribution in [1.82, 2.24) is 4.90 Å². The number of carbonyl (C=O) groups is 2. The van der Waals surface area contributed by atoms with Crippen LogP contribution in [0, 0.1) is 0 Å². The zero-order valence-electron chi connectivity index (χ0n) is 47.8. The van der Waals surface area contributed by atoms with Crippen molar-refractivity contribution in [3.8, 4) is 0 Å². The van der Waals surface area contributed by atoms with Gasteiger partial charge in [-0.3, -0.25) is 9.59 Å². The maximum Gasteiger partial charge on any atom is 0.305 e. The Hall–Kier alpha value is -3.38. The predicted octanol–water partition coefficient (Wildman–Crippen LogP) is 16.3. The van der Waals surface area contributed by atoms with Gasteiger partial charge in [0, 0.05) is 19.4 Å². The Balaban J connectivity index is 4.59. The van der Waals surface area contributed by atoms with Crippen LogP contribution >= 0.6 is 0 Å². The van der Waals surface area contributed by atoms with Crippen LogP contribution < -0.4 is 0 Å². The minimum Gasteiger partial charge on any atom is -0.466 e. The van der Waals surface area contributed by atoms with Gasteiger partial charge in [0.2, 0.25) is 0 Å². The van der Waals surface area contributed by atoms with Gasteiger partial charge in [-0.1, -0.05) is 202 Å². The molecule has 0 spiro atoms. The topological polar surface area (TPSA) is 113 Å². The molecule has 0 unspecified atom stereocenters. The van der Waals surface area contributed by atoms with Crippen LogP contribution in [0.3, 0.4) is 0 Å². The maximum atomic E-state index is 12.7. The van der Waals surface area contributed by atoms with Gasteiger partial charge in [0.25, 0.3) is 0 Å². The summed E-state index contributed by atoms with van der Waals surface area (Å²) in [5, 5.41) is 9.38. The zero-order chi connectivity index (χ0) is 53.7. The summed E-state index contributed by atoms with van der Waals surface area (Å²) in [6, 6.07) is 0. The van der Waals surface area contributed by atoms with Crippen LogP contribution in [0.2, 0.25) is 0 Å². The smallest absolute Gasteiger partial charge is 0.305 e. The van der Waals surface area contributed by atoms with Crippen LogP contribution in [-0.4, -0.2) is 100 Å². The lowest BCUT2D eigenvalue weighted by Crippen LogP contribution is -2.27. The molecule has 1 N–H and O–H groups in total. The highest BCUT2D eigenvalue weighted by atomic mass is 16.7. The van der Waals surface area contributed by atoms with Crippen LogP contribution in [0.15, 0.2) is 97.2 Å². The van der Waals surface area contributed by atoms with E-state index in [9.17, 15) is 14.7 Å². The SMILES string of the molecule is CCCC/C=C\C/C=C\COC(CCC(=O)OCCCCCCN(CCCCO)CCCCCCOC(=O)CCC(OC/C=C\C/C=C\CCCC)OC/C=C\C/C=C\CCCC)OC/C=C\C/C=C\CCCC. The van der Waals surface area contributed by atoms with Gasteiger partial charge in [-0.25, -0.2) is 0 Å². The summed E-state index contributed by atoms with van der Waals surface area (Å²) in [4.78, 5) is 27.9. The van der Waals surface area contributed by atoms with Gasteiger partial charge in [0.1, 0.15) is 0 Å². The van der Waals surface area contributed by atoms with Crippen LogP contribution in [0.4, 0.5) is 0 Å². The van der Waals surface area contributed by atoms with Gasteiger partial charge in [0.15, 0.2) is 12.6 Å². The molecule has 0 bridgehead atoms. The van der Waals surface area contributed by atoms with Crippen LogP contribution in [-0.2, 0) is 38.0 Å². The summed E-state index contributed by atoms with van der Waals surface area (Å²) in [5.74, 6) is -0.422. The highest BCUT2D eigenvalue weighted by Gasteiger charge is 2.14. The van der Waals surface area contributed by atoms with Gasteiger partial charge in [0.05, 0.1) is 52.5 Å². The first-order valence-electron chi connectivity index (χ1n) is 29.8. The zero-order valence-corrected chi connectivity index (χ0v) is 47.8. The number of aliphatic hydroxyl groups is 1. The van der Waals surface area contributed by atoms with Crippen molar-refractivity contribution < 1.29 is 43.1 Å². The Labute approximate surface area is 454 Å². The Morgan fingerprint density at radius 1 is 0.378 bits per heavy atom. The number of hydrogen-bond acceptors (Lipinski definition) is 10. The predicted molar refractivity (Wildman–Crippen MR) is 311 cm³/mol. The highest BCUT2D eigenvalue weighted by Crippen LogP contribution is 2.12. The molecule has 0 radical (unpaired) electrons. The molecule has 0 fully saturated rings. The van der Waals surface area contributed by atoms with Crippen molar-refractivity contribution in [3.05, 3.63) is 97.2 Å². The molecule has 0 saturated heterocycles. The number of carbonyl (C=O) groups excluding carboxylic acids is 2. The second-order valence-corrected chi connectivity index (χ2v) is 19.1. The molecular formula is C64H111NO9. The van der Waals surface area contributed by atoms with E-state index in [1.165, 1.54) is 51.4 Å². The molecular weight excluding hydrogens is 927 g/mol. The van der Waals surface area contributed by atoms with E-state index >= 15 is 0 Å². The molecule has 0 aliphatic heterocycles.